The summed E-state index contributed by atoms with van der Waals surface area (Å²) in [4.78, 5) is 0. The van der Waals surface area contributed by atoms with Crippen LogP contribution < -0.4 is 9.88 Å². The molecule has 1 atom stereocenters. The van der Waals surface area contributed by atoms with Crippen molar-refractivity contribution in [2.24, 2.45) is 5.14 Å². The number of hydrogen-bond acceptors (Lipinski definition) is 2. The molecule has 0 saturated carbocycles. The fourth-order valence-electron chi connectivity index (χ4n) is 1.23. The molecule has 0 aliphatic rings. The molecule has 0 fully saturated rings. The summed E-state index contributed by atoms with van der Waals surface area (Å²) in [5, 5.41) is 5.59. The van der Waals surface area contributed by atoms with E-state index in [4.69, 9.17) is 16.7 Å². The Morgan fingerprint density at radius 2 is 2.11 bits per heavy atom. The van der Waals surface area contributed by atoms with Crippen LogP contribution in [0.15, 0.2) is 24.3 Å². The van der Waals surface area contributed by atoms with Gasteiger partial charge < -0.3 is 4.74 Å². The number of benzene rings is 1. The molecule has 2 N–H and O–H groups in total. The molecule has 19 heavy (non-hydrogen) atoms. The zero-order chi connectivity index (χ0) is 14.6. The topological polar surface area (TPSA) is 52.3 Å². The molecular formula is C12H14ClF2NO2S. The monoisotopic (exact) mass is 309 g/mol. The summed E-state index contributed by atoms with van der Waals surface area (Å²) in [6.45, 7) is 0.371. The molecule has 0 unspecified atom stereocenters. The summed E-state index contributed by atoms with van der Waals surface area (Å²) in [6, 6.07) is 4.43. The first-order valence-corrected chi connectivity index (χ1v) is 6.92. The van der Waals surface area contributed by atoms with Gasteiger partial charge in [-0.3, -0.25) is 5.14 Å². The van der Waals surface area contributed by atoms with Crippen molar-refractivity contribution < 1.29 is 17.7 Å². The standard InChI is InChI=1S/C12H14ClF2NO2S/c1-12(2,19(16)17)7-6-8-9(13)4-3-5-10(8)18-11(14)15/h3-7,11H,16H2,1-2H3/t19-/m0/s1. The van der Waals surface area contributed by atoms with E-state index in [2.05, 4.69) is 4.74 Å². The van der Waals surface area contributed by atoms with Crippen LogP contribution in [0.4, 0.5) is 8.78 Å². The first kappa shape index (κ1) is 16.1. The minimum atomic E-state index is -2.94. The first-order chi connectivity index (χ1) is 8.74. The fraction of sp³-hybridized carbons (Fsp3) is 0.333. The SMILES string of the molecule is CC(C)(C=Cc1c(Cl)cccc1OC(F)F)[S@@](N)=O. The Hall–Kier alpha value is -0.980. The molecule has 0 aliphatic heterocycles. The number of alkyl halides is 2. The van der Waals surface area contributed by atoms with Crippen molar-refractivity contribution in [3.63, 3.8) is 0 Å². The minimum absolute atomic E-state index is 0.0441. The zero-order valence-electron chi connectivity index (χ0n) is 10.4. The number of rotatable bonds is 5. The highest BCUT2D eigenvalue weighted by molar-refractivity contribution is 7.84. The van der Waals surface area contributed by atoms with Gasteiger partial charge in [-0.2, -0.15) is 8.78 Å². The van der Waals surface area contributed by atoms with E-state index in [1.165, 1.54) is 18.2 Å². The molecule has 0 heterocycles. The molecule has 1 rings (SSSR count). The summed E-state index contributed by atoms with van der Waals surface area (Å²) in [7, 11) is -1.59. The Balaban J connectivity index is 3.13. The van der Waals surface area contributed by atoms with Gasteiger partial charge in [-0.15, -0.1) is 0 Å². The van der Waals surface area contributed by atoms with Crippen LogP contribution in [0.2, 0.25) is 5.02 Å². The van der Waals surface area contributed by atoms with Crippen LogP contribution in [-0.4, -0.2) is 15.6 Å². The highest BCUT2D eigenvalue weighted by atomic mass is 35.5. The van der Waals surface area contributed by atoms with E-state index in [1.54, 1.807) is 26.0 Å². The second-order valence-electron chi connectivity index (χ2n) is 4.26. The van der Waals surface area contributed by atoms with Crippen molar-refractivity contribution in [1.82, 2.24) is 0 Å². The number of hydrogen-bond donors (Lipinski definition) is 1. The van der Waals surface area contributed by atoms with Gasteiger partial charge >= 0.3 is 6.61 Å². The molecule has 1 aromatic carbocycles. The molecule has 0 saturated heterocycles. The number of ether oxygens (including phenoxy) is 1. The van der Waals surface area contributed by atoms with Crippen LogP contribution in [0.5, 0.6) is 5.75 Å². The lowest BCUT2D eigenvalue weighted by Gasteiger charge is -2.16. The summed E-state index contributed by atoms with van der Waals surface area (Å²) in [6.07, 6.45) is 3.02. The van der Waals surface area contributed by atoms with Crippen LogP contribution in [0.3, 0.4) is 0 Å². The Morgan fingerprint density at radius 1 is 1.47 bits per heavy atom. The highest BCUT2D eigenvalue weighted by Gasteiger charge is 2.20. The minimum Gasteiger partial charge on any atom is -0.434 e. The molecule has 7 heteroatoms. The van der Waals surface area contributed by atoms with Crippen molar-refractivity contribution in [3.8, 4) is 5.75 Å². The molecule has 0 bridgehead atoms. The largest absolute Gasteiger partial charge is 0.434 e. The lowest BCUT2D eigenvalue weighted by atomic mass is 10.1. The van der Waals surface area contributed by atoms with Crippen LogP contribution in [0.1, 0.15) is 19.4 Å². The first-order valence-electron chi connectivity index (χ1n) is 5.33. The van der Waals surface area contributed by atoms with Gasteiger partial charge in [0, 0.05) is 5.56 Å². The maximum Gasteiger partial charge on any atom is 0.387 e. The Kier molecular flexibility index (Phi) is 5.46. The van der Waals surface area contributed by atoms with Gasteiger partial charge in [0.2, 0.25) is 0 Å². The second-order valence-corrected chi connectivity index (χ2v) is 6.32. The van der Waals surface area contributed by atoms with Crippen molar-refractivity contribution in [1.29, 1.82) is 0 Å². The Labute approximate surface area is 118 Å². The van der Waals surface area contributed by atoms with Crippen LogP contribution in [0.25, 0.3) is 6.08 Å². The van der Waals surface area contributed by atoms with Gasteiger partial charge in [0.15, 0.2) is 0 Å². The molecule has 1 aromatic rings. The third kappa shape index (κ3) is 4.56. The predicted molar refractivity (Wildman–Crippen MR) is 73.5 cm³/mol. The average molecular weight is 310 g/mol. The molecule has 3 nitrogen and oxygen atoms in total. The van der Waals surface area contributed by atoms with Gasteiger partial charge in [0.05, 0.1) is 20.8 Å². The smallest absolute Gasteiger partial charge is 0.387 e. The molecule has 0 amide bonds. The predicted octanol–water partition coefficient (Wildman–Crippen LogP) is 3.36. The zero-order valence-corrected chi connectivity index (χ0v) is 12.0. The van der Waals surface area contributed by atoms with Gasteiger partial charge in [-0.05, 0) is 26.0 Å². The molecule has 0 radical (unpaired) electrons. The van der Waals surface area contributed by atoms with Crippen molar-refractivity contribution in [3.05, 3.63) is 34.9 Å². The molecule has 0 aromatic heterocycles. The van der Waals surface area contributed by atoms with E-state index >= 15 is 0 Å². The lowest BCUT2D eigenvalue weighted by molar-refractivity contribution is -0.0499. The summed E-state index contributed by atoms with van der Waals surface area (Å²) in [5.74, 6) is -0.0441. The molecule has 0 aliphatic carbocycles. The normalized spacial score (nSPS) is 14.1. The van der Waals surface area contributed by atoms with E-state index in [0.717, 1.165) is 0 Å². The van der Waals surface area contributed by atoms with E-state index in [0.29, 0.717) is 5.56 Å². The van der Waals surface area contributed by atoms with Crippen LogP contribution in [-0.2, 0) is 11.0 Å². The summed E-state index contributed by atoms with van der Waals surface area (Å²) >= 11 is 5.94. The van der Waals surface area contributed by atoms with Crippen LogP contribution in [0, 0.1) is 0 Å². The van der Waals surface area contributed by atoms with Crippen LogP contribution >= 0.6 is 11.6 Å². The third-order valence-corrected chi connectivity index (χ3v) is 3.90. The number of halogens is 3. The van der Waals surface area contributed by atoms with Crippen molar-refractivity contribution in [2.45, 2.75) is 25.2 Å². The second kappa shape index (κ2) is 6.45. The Bertz CT molecular complexity index is 507. The summed E-state index contributed by atoms with van der Waals surface area (Å²) in [5.41, 5.74) is 0.294. The van der Waals surface area contributed by atoms with Gasteiger partial charge in [-0.25, -0.2) is 4.21 Å². The van der Waals surface area contributed by atoms with E-state index in [9.17, 15) is 13.0 Å². The lowest BCUT2D eigenvalue weighted by Crippen LogP contribution is -2.29. The quantitative estimate of drug-likeness (QED) is 0.906. The third-order valence-electron chi connectivity index (χ3n) is 2.40. The molecule has 0 spiro atoms. The Morgan fingerprint density at radius 3 is 2.63 bits per heavy atom. The molecule has 106 valence electrons. The van der Waals surface area contributed by atoms with E-state index in [-0.39, 0.29) is 10.8 Å². The summed E-state index contributed by atoms with van der Waals surface area (Å²) < 4.78 is 39.4. The highest BCUT2D eigenvalue weighted by Crippen LogP contribution is 2.30. The van der Waals surface area contributed by atoms with Gasteiger partial charge in [0.25, 0.3) is 0 Å². The van der Waals surface area contributed by atoms with Crippen molar-refractivity contribution in [2.75, 3.05) is 0 Å². The molecular weight excluding hydrogens is 296 g/mol. The van der Waals surface area contributed by atoms with Gasteiger partial charge in [0.1, 0.15) is 5.75 Å². The average Bonchev–Trinajstić information content (AvgIpc) is 2.27. The maximum atomic E-state index is 12.3. The van der Waals surface area contributed by atoms with E-state index < -0.39 is 22.3 Å². The fourth-order valence-corrected chi connectivity index (χ4v) is 1.66. The maximum absolute atomic E-state index is 12.3. The van der Waals surface area contributed by atoms with Crippen molar-refractivity contribution >= 4 is 28.7 Å². The van der Waals surface area contributed by atoms with E-state index in [1.807, 2.05) is 0 Å². The van der Waals surface area contributed by atoms with Gasteiger partial charge in [-0.1, -0.05) is 29.8 Å². The number of nitrogens with two attached hydrogens (primary N) is 1.